The van der Waals surface area contributed by atoms with Crippen LogP contribution >= 0.6 is 0 Å². The number of aryl methyl sites for hydroxylation is 1. The van der Waals surface area contributed by atoms with Gasteiger partial charge in [0, 0.05) is 4.91 Å². The summed E-state index contributed by atoms with van der Waals surface area (Å²) in [5, 5.41) is 3.46. The quantitative estimate of drug-likeness (QED) is 0.389. The summed E-state index contributed by atoms with van der Waals surface area (Å²) in [5.41, 5.74) is 10.5. The summed E-state index contributed by atoms with van der Waals surface area (Å²) < 4.78 is 0. The van der Waals surface area contributed by atoms with E-state index in [0.29, 0.717) is 11.5 Å². The molecule has 0 atom stereocenters. The molecular weight excluding hydrogens is 178 g/mol. The number of nitrogens with zero attached hydrogens (tertiary/aromatic N) is 5. The first kappa shape index (κ1) is 8.47. The molecule has 1 aromatic heterocycles. The lowest BCUT2D eigenvalue weighted by atomic mass is 10.3. The summed E-state index contributed by atoms with van der Waals surface area (Å²) in [4.78, 5) is 11.1. The zero-order valence-electron chi connectivity index (χ0n) is 7.55. The second kappa shape index (κ2) is 3.32. The Morgan fingerprint density at radius 2 is 1.86 bits per heavy atom. The molecule has 5 heteroatoms. The van der Waals surface area contributed by atoms with Gasteiger partial charge in [0.2, 0.25) is 0 Å². The number of rotatable bonds is 1. The van der Waals surface area contributed by atoms with E-state index in [1.807, 2.05) is 24.3 Å². The highest BCUT2D eigenvalue weighted by molar-refractivity contribution is 5.75. The Morgan fingerprint density at radius 1 is 1.21 bits per heavy atom. The summed E-state index contributed by atoms with van der Waals surface area (Å²) in [6, 6.07) is 7.46. The van der Waals surface area contributed by atoms with Crippen molar-refractivity contribution >= 4 is 16.9 Å². The van der Waals surface area contributed by atoms with E-state index in [4.69, 9.17) is 5.53 Å². The Hall–Kier alpha value is -2.13. The molecule has 0 aliphatic carbocycles. The van der Waals surface area contributed by atoms with E-state index >= 15 is 0 Å². The van der Waals surface area contributed by atoms with Gasteiger partial charge in [-0.05, 0) is 29.7 Å². The van der Waals surface area contributed by atoms with Gasteiger partial charge in [-0.15, -0.1) is 0 Å². The second-order valence-electron chi connectivity index (χ2n) is 2.81. The van der Waals surface area contributed by atoms with E-state index in [1.54, 1.807) is 6.92 Å². The van der Waals surface area contributed by atoms with Crippen molar-refractivity contribution < 1.29 is 0 Å². The number of para-hydroxylation sites is 2. The number of benzene rings is 1. The Kier molecular flexibility index (Phi) is 2.01. The Bertz CT molecular complexity index is 528. The van der Waals surface area contributed by atoms with Gasteiger partial charge in [0.15, 0.2) is 0 Å². The number of aromatic nitrogens is 2. The minimum Gasteiger partial charge on any atom is -0.249 e. The van der Waals surface area contributed by atoms with Gasteiger partial charge in [-0.2, -0.15) is 0 Å². The van der Waals surface area contributed by atoms with Crippen molar-refractivity contribution in [2.24, 2.45) is 5.11 Å². The average molecular weight is 185 g/mol. The molecule has 5 nitrogen and oxygen atoms in total. The van der Waals surface area contributed by atoms with Crippen LogP contribution < -0.4 is 0 Å². The molecule has 14 heavy (non-hydrogen) atoms. The zero-order valence-corrected chi connectivity index (χ0v) is 7.55. The molecule has 1 aromatic carbocycles. The molecule has 1 heterocycles. The fraction of sp³-hybridized carbons (Fsp3) is 0.111. The lowest BCUT2D eigenvalue weighted by Crippen LogP contribution is -1.87. The predicted molar refractivity (Wildman–Crippen MR) is 53.1 cm³/mol. The third kappa shape index (κ3) is 1.36. The maximum Gasteiger partial charge on any atom is 0.148 e. The monoisotopic (exact) mass is 185 g/mol. The van der Waals surface area contributed by atoms with Crippen LogP contribution in [-0.4, -0.2) is 9.97 Å². The van der Waals surface area contributed by atoms with Crippen molar-refractivity contribution in [1.29, 1.82) is 0 Å². The van der Waals surface area contributed by atoms with Crippen LogP contribution in [0.1, 0.15) is 5.69 Å². The molecule has 2 rings (SSSR count). The van der Waals surface area contributed by atoms with E-state index in [-0.39, 0.29) is 0 Å². The third-order valence-corrected chi connectivity index (χ3v) is 1.86. The van der Waals surface area contributed by atoms with Crippen LogP contribution in [0.15, 0.2) is 29.4 Å². The van der Waals surface area contributed by atoms with Crippen molar-refractivity contribution in [3.63, 3.8) is 0 Å². The Labute approximate surface area is 80.1 Å². The maximum absolute atomic E-state index is 8.31. The maximum atomic E-state index is 8.31. The number of hydrogen-bond acceptors (Lipinski definition) is 3. The summed E-state index contributed by atoms with van der Waals surface area (Å²) in [7, 11) is 0. The lowest BCUT2D eigenvalue weighted by molar-refractivity contribution is 1.15. The van der Waals surface area contributed by atoms with Crippen LogP contribution in [0.3, 0.4) is 0 Å². The smallest absolute Gasteiger partial charge is 0.148 e. The van der Waals surface area contributed by atoms with Gasteiger partial charge in [-0.1, -0.05) is 12.1 Å². The molecule has 0 saturated carbocycles. The van der Waals surface area contributed by atoms with Crippen LogP contribution in [0.5, 0.6) is 0 Å². The van der Waals surface area contributed by atoms with E-state index in [2.05, 4.69) is 20.0 Å². The van der Waals surface area contributed by atoms with E-state index in [1.165, 1.54) is 0 Å². The normalized spacial score (nSPS) is 9.79. The molecule has 0 saturated heterocycles. The van der Waals surface area contributed by atoms with Crippen molar-refractivity contribution in [2.75, 3.05) is 0 Å². The van der Waals surface area contributed by atoms with Crippen LogP contribution in [0, 0.1) is 6.92 Å². The van der Waals surface area contributed by atoms with Gasteiger partial charge >= 0.3 is 0 Å². The predicted octanol–water partition coefficient (Wildman–Crippen LogP) is 2.88. The second-order valence-corrected chi connectivity index (χ2v) is 2.81. The molecule has 0 radical (unpaired) electrons. The van der Waals surface area contributed by atoms with Gasteiger partial charge < -0.3 is 0 Å². The standard InChI is InChI=1S/C9H7N5/c1-6-9(13-14-10)12-8-5-3-2-4-7(8)11-6/h2-5H,1H3. The third-order valence-electron chi connectivity index (χ3n) is 1.86. The van der Waals surface area contributed by atoms with Crippen molar-refractivity contribution in [2.45, 2.75) is 6.92 Å². The van der Waals surface area contributed by atoms with E-state index < -0.39 is 0 Å². The van der Waals surface area contributed by atoms with Crippen LogP contribution in [0.25, 0.3) is 21.5 Å². The molecule has 68 valence electrons. The van der Waals surface area contributed by atoms with Crippen molar-refractivity contribution in [3.05, 3.63) is 40.4 Å². The minimum absolute atomic E-state index is 0.339. The topological polar surface area (TPSA) is 74.5 Å². The number of hydrogen-bond donors (Lipinski definition) is 0. The number of azide groups is 1. The minimum atomic E-state index is 0.339. The van der Waals surface area contributed by atoms with Gasteiger partial charge in [0.1, 0.15) is 5.82 Å². The number of fused-ring (bicyclic) bond motifs is 1. The summed E-state index contributed by atoms with van der Waals surface area (Å²) >= 11 is 0. The first-order chi connectivity index (χ1) is 6.81. The van der Waals surface area contributed by atoms with E-state index in [9.17, 15) is 0 Å². The molecular formula is C9H7N5. The molecule has 0 aliphatic rings. The highest BCUT2D eigenvalue weighted by Crippen LogP contribution is 2.18. The molecule has 0 unspecified atom stereocenters. The average Bonchev–Trinajstić information content (AvgIpc) is 2.19. The van der Waals surface area contributed by atoms with Crippen molar-refractivity contribution in [1.82, 2.24) is 9.97 Å². The summed E-state index contributed by atoms with van der Waals surface area (Å²) in [6.45, 7) is 1.77. The highest BCUT2D eigenvalue weighted by atomic mass is 15.2. The van der Waals surface area contributed by atoms with Gasteiger partial charge in [0.25, 0.3) is 0 Å². The van der Waals surface area contributed by atoms with Crippen LogP contribution in [-0.2, 0) is 0 Å². The van der Waals surface area contributed by atoms with Gasteiger partial charge in [-0.3, -0.25) is 0 Å². The fourth-order valence-electron chi connectivity index (χ4n) is 1.22. The molecule has 0 bridgehead atoms. The van der Waals surface area contributed by atoms with E-state index in [0.717, 1.165) is 11.0 Å². The fourth-order valence-corrected chi connectivity index (χ4v) is 1.22. The molecule has 0 amide bonds. The molecule has 0 spiro atoms. The Balaban J connectivity index is 2.76. The molecule has 2 aromatic rings. The molecule has 0 N–H and O–H groups in total. The summed E-state index contributed by atoms with van der Waals surface area (Å²) in [6.07, 6.45) is 0. The zero-order chi connectivity index (χ0) is 9.97. The van der Waals surface area contributed by atoms with Gasteiger partial charge in [-0.25, -0.2) is 9.97 Å². The first-order valence-corrected chi connectivity index (χ1v) is 4.10. The molecule has 0 fully saturated rings. The SMILES string of the molecule is Cc1nc2ccccc2nc1N=[N+]=[N-]. The van der Waals surface area contributed by atoms with Crippen molar-refractivity contribution in [3.8, 4) is 0 Å². The summed E-state index contributed by atoms with van der Waals surface area (Å²) in [5.74, 6) is 0.339. The van der Waals surface area contributed by atoms with Crippen LogP contribution in [0.4, 0.5) is 5.82 Å². The highest BCUT2D eigenvalue weighted by Gasteiger charge is 2.01. The Morgan fingerprint density at radius 3 is 2.50 bits per heavy atom. The lowest BCUT2D eigenvalue weighted by Gasteiger charge is -2.00. The molecule has 0 aliphatic heterocycles. The largest absolute Gasteiger partial charge is 0.249 e. The van der Waals surface area contributed by atoms with Crippen LogP contribution in [0.2, 0.25) is 0 Å². The first-order valence-electron chi connectivity index (χ1n) is 4.10. The van der Waals surface area contributed by atoms with Gasteiger partial charge in [0.05, 0.1) is 16.7 Å².